The van der Waals surface area contributed by atoms with Gasteiger partial charge in [0.2, 0.25) is 0 Å². The number of benzene rings is 2. The Kier molecular flexibility index (Phi) is 7.09. The predicted molar refractivity (Wildman–Crippen MR) is 99.7 cm³/mol. The molecule has 0 aliphatic heterocycles. The monoisotopic (exact) mass is 353 g/mol. The maximum atomic E-state index is 12.4. The standard InChI is InChI=1S/C21H23NO4/c1-3-18(23)13-14-19(21(25)26-2)22-20(24)17-11-9-16(10-12-17)15-7-5-4-6-8-15/h4-12,19H,3,13-14H2,1-2H3,(H,22,24)/t19-/m0/s1. The van der Waals surface area contributed by atoms with Crippen molar-refractivity contribution in [1.29, 1.82) is 0 Å². The maximum absolute atomic E-state index is 12.4. The third-order valence-corrected chi connectivity index (χ3v) is 4.15. The van der Waals surface area contributed by atoms with E-state index in [1.165, 1.54) is 7.11 Å². The van der Waals surface area contributed by atoms with Crippen molar-refractivity contribution in [3.05, 3.63) is 60.2 Å². The van der Waals surface area contributed by atoms with E-state index in [4.69, 9.17) is 4.74 Å². The molecular weight excluding hydrogens is 330 g/mol. The molecular formula is C21H23NO4. The molecule has 2 rings (SSSR count). The first-order valence-corrected chi connectivity index (χ1v) is 8.61. The number of ether oxygens (including phenoxy) is 1. The molecule has 2 aromatic rings. The van der Waals surface area contributed by atoms with Gasteiger partial charge in [-0.3, -0.25) is 9.59 Å². The minimum absolute atomic E-state index is 0.0420. The fraction of sp³-hybridized carbons (Fsp3) is 0.286. The average molecular weight is 353 g/mol. The van der Waals surface area contributed by atoms with E-state index in [2.05, 4.69) is 5.32 Å². The van der Waals surface area contributed by atoms with Crippen molar-refractivity contribution >= 4 is 17.7 Å². The van der Waals surface area contributed by atoms with Crippen molar-refractivity contribution < 1.29 is 19.1 Å². The summed E-state index contributed by atoms with van der Waals surface area (Å²) in [7, 11) is 1.26. The van der Waals surface area contributed by atoms with E-state index < -0.39 is 12.0 Å². The minimum Gasteiger partial charge on any atom is -0.467 e. The Morgan fingerprint density at radius 1 is 0.962 bits per heavy atom. The molecule has 1 amide bonds. The third kappa shape index (κ3) is 5.28. The Hall–Kier alpha value is -2.95. The number of nitrogens with one attached hydrogen (secondary N) is 1. The van der Waals surface area contributed by atoms with Gasteiger partial charge in [0.25, 0.3) is 5.91 Å². The second kappa shape index (κ2) is 9.51. The van der Waals surface area contributed by atoms with Gasteiger partial charge in [0, 0.05) is 18.4 Å². The Labute approximate surface area is 153 Å². The molecule has 0 unspecified atom stereocenters. The molecule has 5 heteroatoms. The molecule has 0 aliphatic rings. The van der Waals surface area contributed by atoms with E-state index in [9.17, 15) is 14.4 Å². The highest BCUT2D eigenvalue weighted by atomic mass is 16.5. The number of carbonyl (C=O) groups is 3. The summed E-state index contributed by atoms with van der Waals surface area (Å²) in [5.74, 6) is -0.882. The summed E-state index contributed by atoms with van der Waals surface area (Å²) < 4.78 is 4.73. The summed E-state index contributed by atoms with van der Waals surface area (Å²) in [6.07, 6.45) is 0.861. The first-order valence-electron chi connectivity index (χ1n) is 8.61. The Balaban J connectivity index is 2.06. The SMILES string of the molecule is CCC(=O)CC[C@H](NC(=O)c1ccc(-c2ccccc2)cc1)C(=O)OC. The topological polar surface area (TPSA) is 72.5 Å². The number of ketones is 1. The molecule has 0 fully saturated rings. The van der Waals surface area contributed by atoms with Crippen molar-refractivity contribution in [2.24, 2.45) is 0 Å². The molecule has 26 heavy (non-hydrogen) atoms. The Bertz CT molecular complexity index is 753. The number of Topliss-reactive ketones (excluding diaryl/α,β-unsaturated/α-hetero) is 1. The highest BCUT2D eigenvalue weighted by Gasteiger charge is 2.22. The molecule has 0 heterocycles. The van der Waals surface area contributed by atoms with Crippen LogP contribution in [-0.2, 0) is 14.3 Å². The number of carbonyl (C=O) groups excluding carboxylic acids is 3. The van der Waals surface area contributed by atoms with E-state index >= 15 is 0 Å². The molecule has 0 spiro atoms. The molecule has 0 saturated heterocycles. The lowest BCUT2D eigenvalue weighted by Crippen LogP contribution is -2.41. The van der Waals surface area contributed by atoms with E-state index in [0.29, 0.717) is 12.0 Å². The molecule has 2 aromatic carbocycles. The number of amides is 1. The van der Waals surface area contributed by atoms with Crippen molar-refractivity contribution in [2.45, 2.75) is 32.2 Å². The van der Waals surface area contributed by atoms with Crippen LogP contribution in [0.2, 0.25) is 0 Å². The van der Waals surface area contributed by atoms with Gasteiger partial charge in [0.15, 0.2) is 0 Å². The fourth-order valence-electron chi connectivity index (χ4n) is 2.56. The van der Waals surface area contributed by atoms with Crippen LogP contribution in [0, 0.1) is 0 Å². The van der Waals surface area contributed by atoms with Crippen molar-refractivity contribution in [3.63, 3.8) is 0 Å². The van der Waals surface area contributed by atoms with Crippen molar-refractivity contribution in [2.75, 3.05) is 7.11 Å². The molecule has 0 radical (unpaired) electrons. The molecule has 0 saturated carbocycles. The zero-order valence-corrected chi connectivity index (χ0v) is 15.0. The molecule has 0 aliphatic carbocycles. The van der Waals surface area contributed by atoms with Gasteiger partial charge in [-0.1, -0.05) is 49.4 Å². The molecule has 1 atom stereocenters. The van der Waals surface area contributed by atoms with E-state index in [0.717, 1.165) is 11.1 Å². The van der Waals surface area contributed by atoms with Crippen LogP contribution < -0.4 is 5.32 Å². The van der Waals surface area contributed by atoms with Crippen LogP contribution in [0.3, 0.4) is 0 Å². The maximum Gasteiger partial charge on any atom is 0.328 e. The highest BCUT2D eigenvalue weighted by molar-refractivity contribution is 5.97. The summed E-state index contributed by atoms with van der Waals surface area (Å²) in [6.45, 7) is 1.77. The van der Waals surface area contributed by atoms with E-state index in [-0.39, 0.29) is 24.5 Å². The number of rotatable bonds is 8. The van der Waals surface area contributed by atoms with Gasteiger partial charge < -0.3 is 10.1 Å². The summed E-state index contributed by atoms with van der Waals surface area (Å²) >= 11 is 0. The van der Waals surface area contributed by atoms with Gasteiger partial charge in [0.05, 0.1) is 7.11 Å². The first kappa shape index (κ1) is 19.4. The van der Waals surface area contributed by atoms with Gasteiger partial charge in [-0.25, -0.2) is 4.79 Å². The van der Waals surface area contributed by atoms with Crippen LogP contribution in [0.1, 0.15) is 36.5 Å². The summed E-state index contributed by atoms with van der Waals surface area (Å²) in [5, 5.41) is 2.66. The van der Waals surface area contributed by atoms with Gasteiger partial charge in [0.1, 0.15) is 11.8 Å². The smallest absolute Gasteiger partial charge is 0.328 e. The molecule has 0 aromatic heterocycles. The lowest BCUT2D eigenvalue weighted by molar-refractivity contribution is -0.143. The van der Waals surface area contributed by atoms with Crippen LogP contribution in [0.5, 0.6) is 0 Å². The van der Waals surface area contributed by atoms with Gasteiger partial charge in [-0.05, 0) is 29.7 Å². The fourth-order valence-corrected chi connectivity index (χ4v) is 2.56. The van der Waals surface area contributed by atoms with Crippen LogP contribution >= 0.6 is 0 Å². The number of hydrogen-bond acceptors (Lipinski definition) is 4. The Morgan fingerprint density at radius 3 is 2.15 bits per heavy atom. The second-order valence-electron chi connectivity index (χ2n) is 5.92. The lowest BCUT2D eigenvalue weighted by atomic mass is 10.0. The largest absolute Gasteiger partial charge is 0.467 e. The van der Waals surface area contributed by atoms with E-state index in [1.54, 1.807) is 19.1 Å². The molecule has 1 N–H and O–H groups in total. The Morgan fingerprint density at radius 2 is 1.58 bits per heavy atom. The summed E-state index contributed by atoms with van der Waals surface area (Å²) in [4.78, 5) is 35.8. The zero-order chi connectivity index (χ0) is 18.9. The third-order valence-electron chi connectivity index (χ3n) is 4.15. The number of hydrogen-bond donors (Lipinski definition) is 1. The second-order valence-corrected chi connectivity index (χ2v) is 5.92. The average Bonchev–Trinajstić information content (AvgIpc) is 2.70. The first-order chi connectivity index (χ1) is 12.5. The van der Waals surface area contributed by atoms with Crippen LogP contribution in [0.25, 0.3) is 11.1 Å². The van der Waals surface area contributed by atoms with Crippen LogP contribution in [0.4, 0.5) is 0 Å². The van der Waals surface area contributed by atoms with Gasteiger partial charge >= 0.3 is 5.97 Å². The molecule has 5 nitrogen and oxygen atoms in total. The summed E-state index contributed by atoms with van der Waals surface area (Å²) in [6, 6.07) is 16.1. The van der Waals surface area contributed by atoms with Gasteiger partial charge in [-0.15, -0.1) is 0 Å². The van der Waals surface area contributed by atoms with Gasteiger partial charge in [-0.2, -0.15) is 0 Å². The van der Waals surface area contributed by atoms with Crippen LogP contribution in [-0.4, -0.2) is 30.8 Å². The van der Waals surface area contributed by atoms with Crippen molar-refractivity contribution in [1.82, 2.24) is 5.32 Å². The molecule has 136 valence electrons. The lowest BCUT2D eigenvalue weighted by Gasteiger charge is -2.16. The van der Waals surface area contributed by atoms with E-state index in [1.807, 2.05) is 42.5 Å². The highest BCUT2D eigenvalue weighted by Crippen LogP contribution is 2.19. The molecule has 0 bridgehead atoms. The number of esters is 1. The van der Waals surface area contributed by atoms with Crippen LogP contribution in [0.15, 0.2) is 54.6 Å². The normalized spacial score (nSPS) is 11.5. The predicted octanol–water partition coefficient (Wildman–Crippen LogP) is 3.38. The summed E-state index contributed by atoms with van der Waals surface area (Å²) in [5.41, 5.74) is 2.51. The quantitative estimate of drug-likeness (QED) is 0.739. The zero-order valence-electron chi connectivity index (χ0n) is 15.0. The van der Waals surface area contributed by atoms with Crippen molar-refractivity contribution in [3.8, 4) is 11.1 Å². The number of methoxy groups -OCH3 is 1. The minimum atomic E-state index is -0.836.